The van der Waals surface area contributed by atoms with Gasteiger partial charge < -0.3 is 15.8 Å². The second kappa shape index (κ2) is 12.6. The van der Waals surface area contributed by atoms with Crippen LogP contribution < -0.4 is 15.8 Å². The molecule has 0 heterocycles. The van der Waals surface area contributed by atoms with E-state index in [2.05, 4.69) is 5.32 Å². The number of halogens is 2. The van der Waals surface area contributed by atoms with Gasteiger partial charge in [0.25, 0.3) is 0 Å². The number of amides is 1. The Kier molecular flexibility index (Phi) is 10.9. The van der Waals surface area contributed by atoms with E-state index in [9.17, 15) is 4.79 Å². The second-order valence-corrected chi connectivity index (χ2v) is 6.62. The van der Waals surface area contributed by atoms with Crippen molar-refractivity contribution in [1.29, 1.82) is 0 Å². The van der Waals surface area contributed by atoms with Crippen LogP contribution in [0.2, 0.25) is 5.02 Å². The summed E-state index contributed by atoms with van der Waals surface area (Å²) in [6.45, 7) is 0.703. The summed E-state index contributed by atoms with van der Waals surface area (Å²) in [5, 5.41) is 3.75. The fourth-order valence-electron chi connectivity index (χ4n) is 2.95. The minimum atomic E-state index is -0.351. The Morgan fingerprint density at radius 3 is 2.33 bits per heavy atom. The molecule has 0 saturated carbocycles. The molecule has 0 fully saturated rings. The Hall–Kier alpha value is -1.75. The summed E-state index contributed by atoms with van der Waals surface area (Å²) >= 11 is 6.41. The number of carbonyl (C=O) groups is 1. The van der Waals surface area contributed by atoms with Crippen molar-refractivity contribution in [3.8, 4) is 5.75 Å². The van der Waals surface area contributed by atoms with E-state index >= 15 is 0 Å². The summed E-state index contributed by atoms with van der Waals surface area (Å²) in [4.78, 5) is 12.5. The third-order valence-electron chi connectivity index (χ3n) is 4.33. The maximum Gasteiger partial charge on any atom is 0.220 e. The van der Waals surface area contributed by atoms with Crippen LogP contribution in [0.4, 0.5) is 0 Å². The molecule has 2 rings (SSSR count). The van der Waals surface area contributed by atoms with Crippen molar-refractivity contribution in [2.75, 3.05) is 13.7 Å². The van der Waals surface area contributed by atoms with Gasteiger partial charge in [0.2, 0.25) is 5.91 Å². The van der Waals surface area contributed by atoms with Gasteiger partial charge in [-0.1, -0.05) is 60.8 Å². The number of para-hydroxylation sites is 1. The number of carbonyl (C=O) groups excluding carboxylic acids is 1. The number of nitrogens with one attached hydrogen (secondary N) is 1. The molecule has 2 aromatic carbocycles. The van der Waals surface area contributed by atoms with Crippen molar-refractivity contribution >= 4 is 29.9 Å². The van der Waals surface area contributed by atoms with E-state index in [0.717, 1.165) is 42.6 Å². The molecule has 6 heteroatoms. The first-order valence-electron chi connectivity index (χ1n) is 9.04. The smallest absolute Gasteiger partial charge is 0.220 e. The standard InChI is InChI=1S/C21H27ClN2O2.ClH/c1-26-19-13-8-6-11-17(19)21(16-10-5-7-12-18(16)22)24-20(25)14-4-2-3-9-15-23;/h5-8,10-13,21H,2-4,9,14-15,23H2,1H3,(H,24,25);1H. The molecule has 4 nitrogen and oxygen atoms in total. The number of rotatable bonds is 10. The Morgan fingerprint density at radius 1 is 1.04 bits per heavy atom. The van der Waals surface area contributed by atoms with Crippen molar-refractivity contribution < 1.29 is 9.53 Å². The third kappa shape index (κ3) is 7.06. The van der Waals surface area contributed by atoms with Crippen LogP contribution in [0.15, 0.2) is 48.5 Å². The van der Waals surface area contributed by atoms with Crippen LogP contribution in [0, 0.1) is 0 Å². The number of unbranched alkanes of at least 4 members (excludes halogenated alkanes) is 3. The molecule has 0 saturated heterocycles. The molecule has 27 heavy (non-hydrogen) atoms. The first-order valence-corrected chi connectivity index (χ1v) is 9.42. The van der Waals surface area contributed by atoms with Gasteiger partial charge in [0.15, 0.2) is 0 Å². The Labute approximate surface area is 172 Å². The summed E-state index contributed by atoms with van der Waals surface area (Å²) in [5.74, 6) is 0.731. The number of hydrogen-bond acceptors (Lipinski definition) is 3. The molecule has 0 spiro atoms. The van der Waals surface area contributed by atoms with Gasteiger partial charge in [-0.25, -0.2) is 0 Å². The average molecular weight is 411 g/mol. The molecule has 0 aliphatic rings. The van der Waals surface area contributed by atoms with Crippen molar-refractivity contribution in [3.05, 3.63) is 64.7 Å². The van der Waals surface area contributed by atoms with E-state index in [-0.39, 0.29) is 24.4 Å². The van der Waals surface area contributed by atoms with Gasteiger partial charge in [0.1, 0.15) is 5.75 Å². The maximum atomic E-state index is 12.5. The zero-order valence-corrected chi connectivity index (χ0v) is 17.2. The molecular weight excluding hydrogens is 383 g/mol. The SMILES string of the molecule is COc1ccccc1C(NC(=O)CCCCCCN)c1ccccc1Cl.Cl. The zero-order valence-electron chi connectivity index (χ0n) is 15.6. The number of methoxy groups -OCH3 is 1. The summed E-state index contributed by atoms with van der Waals surface area (Å²) < 4.78 is 5.49. The van der Waals surface area contributed by atoms with Gasteiger partial charge in [0.05, 0.1) is 13.2 Å². The molecule has 0 bridgehead atoms. The normalized spacial score (nSPS) is 11.4. The molecular formula is C21H28Cl2N2O2. The van der Waals surface area contributed by atoms with Gasteiger partial charge in [-0.05, 0) is 37.1 Å². The van der Waals surface area contributed by atoms with Gasteiger partial charge in [0, 0.05) is 17.0 Å². The topological polar surface area (TPSA) is 64.3 Å². The van der Waals surface area contributed by atoms with E-state index < -0.39 is 0 Å². The lowest BCUT2D eigenvalue weighted by Gasteiger charge is -2.23. The molecule has 2 aromatic rings. The average Bonchev–Trinajstić information content (AvgIpc) is 2.66. The fourth-order valence-corrected chi connectivity index (χ4v) is 3.20. The Balaban J connectivity index is 0.00000364. The van der Waals surface area contributed by atoms with Crippen LogP contribution in [-0.2, 0) is 4.79 Å². The molecule has 3 N–H and O–H groups in total. The number of nitrogens with two attached hydrogens (primary N) is 1. The summed E-state index contributed by atoms with van der Waals surface area (Å²) in [7, 11) is 1.63. The van der Waals surface area contributed by atoms with Crippen LogP contribution >= 0.6 is 24.0 Å². The van der Waals surface area contributed by atoms with Crippen molar-refractivity contribution in [2.24, 2.45) is 5.73 Å². The third-order valence-corrected chi connectivity index (χ3v) is 4.67. The van der Waals surface area contributed by atoms with Crippen LogP contribution in [0.1, 0.15) is 49.3 Å². The van der Waals surface area contributed by atoms with Gasteiger partial charge in [-0.2, -0.15) is 0 Å². The van der Waals surface area contributed by atoms with E-state index in [4.69, 9.17) is 22.1 Å². The minimum Gasteiger partial charge on any atom is -0.496 e. The highest BCUT2D eigenvalue weighted by Crippen LogP contribution is 2.33. The number of ether oxygens (including phenoxy) is 1. The molecule has 0 aromatic heterocycles. The van der Waals surface area contributed by atoms with Crippen molar-refractivity contribution in [2.45, 2.75) is 38.1 Å². The number of benzene rings is 2. The van der Waals surface area contributed by atoms with Gasteiger partial charge in [-0.15, -0.1) is 12.4 Å². The van der Waals surface area contributed by atoms with E-state index in [1.54, 1.807) is 7.11 Å². The van der Waals surface area contributed by atoms with E-state index in [1.807, 2.05) is 48.5 Å². The molecule has 0 aliphatic carbocycles. The van der Waals surface area contributed by atoms with Crippen LogP contribution in [-0.4, -0.2) is 19.6 Å². The molecule has 0 radical (unpaired) electrons. The monoisotopic (exact) mass is 410 g/mol. The molecule has 0 aliphatic heterocycles. The first kappa shape index (κ1) is 23.3. The van der Waals surface area contributed by atoms with Gasteiger partial charge in [-0.3, -0.25) is 4.79 Å². The van der Waals surface area contributed by atoms with Gasteiger partial charge >= 0.3 is 0 Å². The van der Waals surface area contributed by atoms with E-state index in [1.165, 1.54) is 0 Å². The highest BCUT2D eigenvalue weighted by atomic mass is 35.5. The molecule has 1 unspecified atom stereocenters. The molecule has 1 amide bonds. The van der Waals surface area contributed by atoms with Crippen molar-refractivity contribution in [1.82, 2.24) is 5.32 Å². The maximum absolute atomic E-state index is 12.5. The highest BCUT2D eigenvalue weighted by molar-refractivity contribution is 6.31. The van der Waals surface area contributed by atoms with Crippen LogP contribution in [0.25, 0.3) is 0 Å². The Bertz CT molecular complexity index is 710. The predicted molar refractivity (Wildman–Crippen MR) is 114 cm³/mol. The second-order valence-electron chi connectivity index (χ2n) is 6.22. The number of hydrogen-bond donors (Lipinski definition) is 2. The summed E-state index contributed by atoms with van der Waals surface area (Å²) in [6, 6.07) is 14.9. The largest absolute Gasteiger partial charge is 0.496 e. The predicted octanol–water partition coefficient (Wildman–Crippen LogP) is 4.89. The lowest BCUT2D eigenvalue weighted by Crippen LogP contribution is -2.29. The Morgan fingerprint density at radius 2 is 1.67 bits per heavy atom. The zero-order chi connectivity index (χ0) is 18.8. The minimum absolute atomic E-state index is 0. The summed E-state index contributed by atoms with van der Waals surface area (Å²) in [6.07, 6.45) is 4.42. The van der Waals surface area contributed by atoms with Crippen LogP contribution in [0.5, 0.6) is 5.75 Å². The molecule has 148 valence electrons. The fraction of sp³-hybridized carbons (Fsp3) is 0.381. The summed E-state index contributed by atoms with van der Waals surface area (Å²) in [5.41, 5.74) is 7.25. The van der Waals surface area contributed by atoms with E-state index in [0.29, 0.717) is 18.0 Å². The lowest BCUT2D eigenvalue weighted by molar-refractivity contribution is -0.121. The molecule has 1 atom stereocenters. The lowest BCUT2D eigenvalue weighted by atomic mass is 9.97. The van der Waals surface area contributed by atoms with Crippen LogP contribution in [0.3, 0.4) is 0 Å². The highest BCUT2D eigenvalue weighted by Gasteiger charge is 2.22. The quantitative estimate of drug-likeness (QED) is 0.548. The van der Waals surface area contributed by atoms with Crippen molar-refractivity contribution in [3.63, 3.8) is 0 Å². The first-order chi connectivity index (χ1) is 12.7.